The Morgan fingerprint density at radius 2 is 2.31 bits per heavy atom. The van der Waals surface area contributed by atoms with E-state index in [1.165, 1.54) is 25.3 Å². The average Bonchev–Trinajstić information content (AvgIpc) is 2.64. The molecule has 1 aliphatic heterocycles. The number of nitrogens with one attached hydrogen (secondary N) is 2. The van der Waals surface area contributed by atoms with E-state index in [-0.39, 0.29) is 17.5 Å². The van der Waals surface area contributed by atoms with Gasteiger partial charge in [-0.15, -0.1) is 0 Å². The van der Waals surface area contributed by atoms with E-state index >= 15 is 0 Å². The van der Waals surface area contributed by atoms with Gasteiger partial charge in [-0.1, -0.05) is 26.2 Å². The van der Waals surface area contributed by atoms with E-state index in [9.17, 15) is 9.59 Å². The summed E-state index contributed by atoms with van der Waals surface area (Å²) < 4.78 is 0. The van der Waals surface area contributed by atoms with Crippen molar-refractivity contribution in [1.29, 1.82) is 0 Å². The third-order valence-electron chi connectivity index (χ3n) is 2.23. The molecule has 2 N–H and O–H groups in total. The highest BCUT2D eigenvalue weighted by Gasteiger charge is 2.13. The molecule has 1 heterocycles. The number of carbonyl (C=O) groups is 2. The van der Waals surface area contributed by atoms with Crippen LogP contribution in [0.3, 0.4) is 0 Å². The standard InChI is InChI=1S/C11H17N3O2/c1-2-3-4-5-6-12-10(15)7-9-11(16)14-8-13-9/h7-8H,2-6H2,1H3,(H,12,15)(H,13,14,16). The molecule has 0 atom stereocenters. The first-order chi connectivity index (χ1) is 7.74. The van der Waals surface area contributed by atoms with Gasteiger partial charge < -0.3 is 10.6 Å². The van der Waals surface area contributed by atoms with E-state index < -0.39 is 0 Å². The second-order valence-corrected chi connectivity index (χ2v) is 3.61. The summed E-state index contributed by atoms with van der Waals surface area (Å²) in [4.78, 5) is 26.1. The minimum Gasteiger partial charge on any atom is -0.352 e. The smallest absolute Gasteiger partial charge is 0.275 e. The van der Waals surface area contributed by atoms with Crippen molar-refractivity contribution in [2.45, 2.75) is 32.6 Å². The van der Waals surface area contributed by atoms with E-state index in [1.807, 2.05) is 0 Å². The second-order valence-electron chi connectivity index (χ2n) is 3.61. The molecule has 0 saturated heterocycles. The summed E-state index contributed by atoms with van der Waals surface area (Å²) >= 11 is 0. The third kappa shape index (κ3) is 4.25. The maximum Gasteiger partial charge on any atom is 0.275 e. The van der Waals surface area contributed by atoms with E-state index in [0.29, 0.717) is 6.54 Å². The molecule has 0 radical (unpaired) electrons. The Morgan fingerprint density at radius 1 is 1.50 bits per heavy atom. The molecule has 0 bridgehead atoms. The Hall–Kier alpha value is -1.65. The zero-order valence-electron chi connectivity index (χ0n) is 9.45. The van der Waals surface area contributed by atoms with Crippen molar-refractivity contribution >= 4 is 18.2 Å². The highest BCUT2D eigenvalue weighted by molar-refractivity contribution is 6.08. The summed E-state index contributed by atoms with van der Waals surface area (Å²) in [5.41, 5.74) is 0.158. The molecule has 0 aromatic rings. The SMILES string of the molecule is CCCCCCNC(=O)C=C1N=CNC1=O. The second kappa shape index (κ2) is 6.76. The molecule has 0 fully saturated rings. The predicted molar refractivity (Wildman–Crippen MR) is 61.9 cm³/mol. The normalized spacial score (nSPS) is 16.6. The molecule has 0 spiro atoms. The van der Waals surface area contributed by atoms with Crippen molar-refractivity contribution in [1.82, 2.24) is 10.6 Å². The van der Waals surface area contributed by atoms with Gasteiger partial charge in [0.05, 0.1) is 6.34 Å². The molecule has 0 saturated carbocycles. The lowest BCUT2D eigenvalue weighted by atomic mass is 10.2. The van der Waals surface area contributed by atoms with Crippen molar-refractivity contribution in [3.05, 3.63) is 11.8 Å². The molecular weight excluding hydrogens is 206 g/mol. The number of unbranched alkanes of at least 4 members (excludes halogenated alkanes) is 3. The van der Waals surface area contributed by atoms with Gasteiger partial charge >= 0.3 is 0 Å². The number of aliphatic imine (C=N–C) groups is 1. The van der Waals surface area contributed by atoms with Crippen LogP contribution in [-0.2, 0) is 9.59 Å². The Bertz CT molecular complexity index is 321. The lowest BCUT2D eigenvalue weighted by Gasteiger charge is -2.01. The summed E-state index contributed by atoms with van der Waals surface area (Å²) in [5, 5.41) is 5.10. The van der Waals surface area contributed by atoms with Gasteiger partial charge in [0.25, 0.3) is 5.91 Å². The average molecular weight is 223 g/mol. The monoisotopic (exact) mass is 223 g/mol. The van der Waals surface area contributed by atoms with Gasteiger partial charge in [0.2, 0.25) is 5.91 Å². The summed E-state index contributed by atoms with van der Waals surface area (Å²) in [5.74, 6) is -0.596. The predicted octanol–water partition coefficient (Wildman–Crippen LogP) is 0.725. The number of hydrogen-bond donors (Lipinski definition) is 2. The Kier molecular flexibility index (Phi) is 5.25. The third-order valence-corrected chi connectivity index (χ3v) is 2.23. The quantitative estimate of drug-likeness (QED) is 0.514. The first kappa shape index (κ1) is 12.4. The Morgan fingerprint density at radius 3 is 2.94 bits per heavy atom. The highest BCUT2D eigenvalue weighted by Crippen LogP contribution is 2.00. The minimum atomic E-state index is -0.332. The molecule has 0 aromatic carbocycles. The highest BCUT2D eigenvalue weighted by atomic mass is 16.2. The van der Waals surface area contributed by atoms with E-state index in [1.54, 1.807) is 0 Å². The fourth-order valence-corrected chi connectivity index (χ4v) is 1.33. The van der Waals surface area contributed by atoms with Gasteiger partial charge in [0.15, 0.2) is 0 Å². The number of nitrogens with zero attached hydrogens (tertiary/aromatic N) is 1. The number of rotatable bonds is 6. The van der Waals surface area contributed by atoms with Crippen LogP contribution in [0.15, 0.2) is 16.8 Å². The number of hydrogen-bond acceptors (Lipinski definition) is 3. The fraction of sp³-hybridized carbons (Fsp3) is 0.545. The van der Waals surface area contributed by atoms with Crippen molar-refractivity contribution in [2.75, 3.05) is 6.54 Å². The molecule has 5 nitrogen and oxygen atoms in total. The first-order valence-corrected chi connectivity index (χ1v) is 5.57. The molecule has 2 amide bonds. The van der Waals surface area contributed by atoms with Crippen LogP contribution in [0.5, 0.6) is 0 Å². The van der Waals surface area contributed by atoms with Gasteiger partial charge in [0.1, 0.15) is 5.70 Å². The van der Waals surface area contributed by atoms with Crippen LogP contribution < -0.4 is 10.6 Å². The number of carbonyl (C=O) groups excluding carboxylic acids is 2. The lowest BCUT2D eigenvalue weighted by Crippen LogP contribution is -2.24. The summed E-state index contributed by atoms with van der Waals surface area (Å²) in [7, 11) is 0. The van der Waals surface area contributed by atoms with E-state index in [4.69, 9.17) is 0 Å². The zero-order chi connectivity index (χ0) is 11.8. The lowest BCUT2D eigenvalue weighted by molar-refractivity contribution is -0.118. The maximum atomic E-state index is 11.3. The molecule has 16 heavy (non-hydrogen) atoms. The van der Waals surface area contributed by atoms with Crippen molar-refractivity contribution in [2.24, 2.45) is 4.99 Å². The van der Waals surface area contributed by atoms with Gasteiger partial charge in [-0.2, -0.15) is 0 Å². The Labute approximate surface area is 95.0 Å². The topological polar surface area (TPSA) is 70.6 Å². The zero-order valence-corrected chi connectivity index (χ0v) is 9.45. The van der Waals surface area contributed by atoms with E-state index in [2.05, 4.69) is 22.5 Å². The van der Waals surface area contributed by atoms with Crippen LogP contribution in [0.1, 0.15) is 32.6 Å². The Balaban J connectivity index is 2.20. The van der Waals surface area contributed by atoms with Crippen molar-refractivity contribution in [3.63, 3.8) is 0 Å². The van der Waals surface area contributed by atoms with E-state index in [0.717, 1.165) is 12.8 Å². The molecular formula is C11H17N3O2. The van der Waals surface area contributed by atoms with Crippen LogP contribution in [0.4, 0.5) is 0 Å². The molecule has 1 rings (SSSR count). The summed E-state index contributed by atoms with van der Waals surface area (Å²) in [6.45, 7) is 2.79. The van der Waals surface area contributed by atoms with Crippen LogP contribution in [0.25, 0.3) is 0 Å². The van der Waals surface area contributed by atoms with Gasteiger partial charge in [-0.05, 0) is 6.42 Å². The summed E-state index contributed by atoms with van der Waals surface area (Å²) in [6, 6.07) is 0. The molecule has 0 aromatic heterocycles. The van der Waals surface area contributed by atoms with Crippen LogP contribution in [0.2, 0.25) is 0 Å². The maximum absolute atomic E-state index is 11.3. The van der Waals surface area contributed by atoms with Gasteiger partial charge in [0, 0.05) is 12.6 Å². The van der Waals surface area contributed by atoms with Crippen LogP contribution >= 0.6 is 0 Å². The molecule has 0 aliphatic carbocycles. The largest absolute Gasteiger partial charge is 0.352 e. The van der Waals surface area contributed by atoms with Gasteiger partial charge in [-0.25, -0.2) is 4.99 Å². The minimum absolute atomic E-state index is 0.158. The first-order valence-electron chi connectivity index (χ1n) is 5.57. The molecule has 5 heteroatoms. The molecule has 88 valence electrons. The fourth-order valence-electron chi connectivity index (χ4n) is 1.33. The van der Waals surface area contributed by atoms with Gasteiger partial charge in [-0.3, -0.25) is 9.59 Å². The number of amides is 2. The van der Waals surface area contributed by atoms with Crippen LogP contribution in [-0.4, -0.2) is 24.7 Å². The van der Waals surface area contributed by atoms with Crippen molar-refractivity contribution < 1.29 is 9.59 Å². The van der Waals surface area contributed by atoms with Crippen molar-refractivity contribution in [3.8, 4) is 0 Å². The molecule has 0 unspecified atom stereocenters. The summed E-state index contributed by atoms with van der Waals surface area (Å²) in [6.07, 6.45) is 6.95. The van der Waals surface area contributed by atoms with Crippen LogP contribution in [0, 0.1) is 0 Å². The molecule has 1 aliphatic rings.